The van der Waals surface area contributed by atoms with E-state index < -0.39 is 5.97 Å². The van der Waals surface area contributed by atoms with Crippen molar-refractivity contribution >= 4 is 34.5 Å². The number of anilines is 1. The molecule has 0 aliphatic carbocycles. The number of carbonyl (C=O) groups is 2. The van der Waals surface area contributed by atoms with Gasteiger partial charge in [0, 0.05) is 12.2 Å². The summed E-state index contributed by atoms with van der Waals surface area (Å²) in [6.45, 7) is 1.59. The summed E-state index contributed by atoms with van der Waals surface area (Å²) in [4.78, 5) is 30.3. The van der Waals surface area contributed by atoms with E-state index in [-0.39, 0.29) is 12.3 Å². The molecular formula is C15H15N3O3S. The van der Waals surface area contributed by atoms with Crippen LogP contribution >= 0.6 is 11.8 Å². The number of hydrogen-bond donors (Lipinski definition) is 1. The Hall–Kier alpha value is -2.28. The number of esters is 1. The maximum absolute atomic E-state index is 12.2. The molecule has 0 spiro atoms. The van der Waals surface area contributed by atoms with Crippen LogP contribution in [0.1, 0.15) is 16.8 Å². The highest BCUT2D eigenvalue weighted by atomic mass is 32.2. The van der Waals surface area contributed by atoms with Crippen molar-refractivity contribution in [3.63, 3.8) is 0 Å². The highest BCUT2D eigenvalue weighted by molar-refractivity contribution is 8.16. The van der Waals surface area contributed by atoms with E-state index in [2.05, 4.69) is 15.2 Å². The van der Waals surface area contributed by atoms with Crippen molar-refractivity contribution in [3.8, 4) is 0 Å². The Balaban J connectivity index is 1.68. The van der Waals surface area contributed by atoms with Crippen molar-refractivity contribution in [1.29, 1.82) is 0 Å². The van der Waals surface area contributed by atoms with Crippen molar-refractivity contribution in [3.05, 3.63) is 40.9 Å². The van der Waals surface area contributed by atoms with Crippen LogP contribution in [0.15, 0.2) is 40.4 Å². The molecule has 1 amide bonds. The van der Waals surface area contributed by atoms with E-state index in [4.69, 9.17) is 4.74 Å². The number of carbonyl (C=O) groups excluding carboxylic acids is 2. The van der Waals surface area contributed by atoms with E-state index in [1.54, 1.807) is 36.0 Å². The van der Waals surface area contributed by atoms with Gasteiger partial charge >= 0.3 is 5.97 Å². The maximum atomic E-state index is 12.2. The molecule has 0 unspecified atom stereocenters. The summed E-state index contributed by atoms with van der Waals surface area (Å²) in [6, 6.07) is 6.80. The molecular weight excluding hydrogens is 302 g/mol. The Kier molecular flexibility index (Phi) is 4.15. The molecule has 2 aliphatic rings. The first kappa shape index (κ1) is 14.6. The number of aliphatic imine (C=N–C) groups is 1. The van der Waals surface area contributed by atoms with Gasteiger partial charge < -0.3 is 15.0 Å². The number of rotatable bonds is 4. The number of ether oxygens (including phenoxy) is 1. The molecule has 2 heterocycles. The maximum Gasteiger partial charge on any atom is 0.339 e. The smallest absolute Gasteiger partial charge is 0.339 e. The van der Waals surface area contributed by atoms with Crippen LogP contribution in [0.25, 0.3) is 0 Å². The van der Waals surface area contributed by atoms with Gasteiger partial charge in [-0.05, 0) is 17.5 Å². The molecule has 2 aliphatic heterocycles. The zero-order valence-corrected chi connectivity index (χ0v) is 12.9. The Bertz CT molecular complexity index is 684. The van der Waals surface area contributed by atoms with E-state index in [0.29, 0.717) is 11.3 Å². The average Bonchev–Trinajstić information content (AvgIpc) is 3.12. The molecule has 1 aromatic carbocycles. The molecule has 0 atom stereocenters. The van der Waals surface area contributed by atoms with Crippen LogP contribution in [0.4, 0.5) is 5.69 Å². The summed E-state index contributed by atoms with van der Waals surface area (Å²) in [5.74, 6) is -0.642. The third-order valence-corrected chi connectivity index (χ3v) is 4.35. The van der Waals surface area contributed by atoms with Gasteiger partial charge in [0.1, 0.15) is 0 Å². The fourth-order valence-electron chi connectivity index (χ4n) is 2.35. The number of benzene rings is 1. The third-order valence-electron chi connectivity index (χ3n) is 3.40. The quantitative estimate of drug-likeness (QED) is 0.861. The second-order valence-corrected chi connectivity index (χ2v) is 5.64. The highest BCUT2D eigenvalue weighted by Gasteiger charge is 2.27. The number of fused-ring (bicyclic) bond motifs is 1. The highest BCUT2D eigenvalue weighted by Crippen LogP contribution is 2.31. The Morgan fingerprint density at radius 2 is 2.23 bits per heavy atom. The van der Waals surface area contributed by atoms with Crippen LogP contribution in [-0.2, 0) is 9.53 Å². The van der Waals surface area contributed by atoms with E-state index in [1.165, 1.54) is 7.11 Å². The minimum atomic E-state index is -0.472. The number of amidine groups is 1. The fraction of sp³-hybridized carbons (Fsp3) is 0.267. The molecule has 0 fully saturated rings. The van der Waals surface area contributed by atoms with Gasteiger partial charge in [0.15, 0.2) is 5.17 Å². The molecule has 6 nitrogen and oxygen atoms in total. The van der Waals surface area contributed by atoms with Crippen LogP contribution in [0.2, 0.25) is 0 Å². The summed E-state index contributed by atoms with van der Waals surface area (Å²) in [5, 5.41) is 5.68. The zero-order chi connectivity index (χ0) is 15.5. The topological polar surface area (TPSA) is 71.0 Å². The number of thioether (sulfide) groups is 1. The van der Waals surface area contributed by atoms with Crippen molar-refractivity contribution in [2.75, 3.05) is 25.5 Å². The summed E-state index contributed by atoms with van der Waals surface area (Å²) < 4.78 is 4.72. The summed E-state index contributed by atoms with van der Waals surface area (Å²) in [5.41, 5.74) is 1.74. The summed E-state index contributed by atoms with van der Waals surface area (Å²) in [7, 11) is 1.32. The molecule has 1 N–H and O–H groups in total. The minimum Gasteiger partial charge on any atom is -0.465 e. The van der Waals surface area contributed by atoms with Gasteiger partial charge in [-0.3, -0.25) is 9.79 Å². The lowest BCUT2D eigenvalue weighted by atomic mass is 10.1. The Morgan fingerprint density at radius 1 is 1.41 bits per heavy atom. The number of hydrogen-bond acceptors (Lipinski definition) is 6. The fourth-order valence-corrected chi connectivity index (χ4v) is 3.31. The predicted octanol–water partition coefficient (Wildman–Crippen LogP) is 2.06. The van der Waals surface area contributed by atoms with Crippen molar-refractivity contribution in [2.24, 2.45) is 4.99 Å². The first-order valence-electron chi connectivity index (χ1n) is 6.84. The molecule has 0 aromatic heterocycles. The SMILES string of the molecule is COC(=O)c1ccccc1NC(=O)CC1=CSC2=NCCN12. The van der Waals surface area contributed by atoms with Crippen LogP contribution in [0.3, 0.4) is 0 Å². The first-order chi connectivity index (χ1) is 10.7. The van der Waals surface area contributed by atoms with Crippen LogP contribution < -0.4 is 5.32 Å². The summed E-state index contributed by atoms with van der Waals surface area (Å²) >= 11 is 1.54. The van der Waals surface area contributed by atoms with Gasteiger partial charge in [-0.2, -0.15) is 0 Å². The van der Waals surface area contributed by atoms with Crippen LogP contribution in [-0.4, -0.2) is 42.1 Å². The zero-order valence-electron chi connectivity index (χ0n) is 12.0. The van der Waals surface area contributed by atoms with Gasteiger partial charge in [-0.15, -0.1) is 0 Å². The molecule has 22 heavy (non-hydrogen) atoms. The number of amides is 1. The molecule has 0 saturated heterocycles. The monoisotopic (exact) mass is 317 g/mol. The second kappa shape index (κ2) is 6.23. The molecule has 0 bridgehead atoms. The van der Waals surface area contributed by atoms with E-state index >= 15 is 0 Å². The minimum absolute atomic E-state index is 0.170. The number of nitrogens with one attached hydrogen (secondary N) is 1. The van der Waals surface area contributed by atoms with E-state index in [9.17, 15) is 9.59 Å². The van der Waals surface area contributed by atoms with Gasteiger partial charge in [0.05, 0.1) is 31.3 Å². The lowest BCUT2D eigenvalue weighted by molar-refractivity contribution is -0.115. The standard InChI is InChI=1S/C15H15N3O3S/c1-21-14(20)11-4-2-3-5-12(11)17-13(19)8-10-9-22-15-16-6-7-18(10)15/h2-5,9H,6-8H2,1H3,(H,17,19). The molecule has 3 rings (SSSR count). The molecule has 1 aromatic rings. The van der Waals surface area contributed by atoms with Gasteiger partial charge in [0.25, 0.3) is 0 Å². The lowest BCUT2D eigenvalue weighted by Gasteiger charge is -2.16. The van der Waals surface area contributed by atoms with Crippen molar-refractivity contribution in [2.45, 2.75) is 6.42 Å². The van der Waals surface area contributed by atoms with Crippen molar-refractivity contribution in [1.82, 2.24) is 4.90 Å². The van der Waals surface area contributed by atoms with E-state index in [1.807, 2.05) is 5.41 Å². The largest absolute Gasteiger partial charge is 0.465 e. The van der Waals surface area contributed by atoms with Gasteiger partial charge in [0.2, 0.25) is 5.91 Å². The number of methoxy groups -OCH3 is 1. The van der Waals surface area contributed by atoms with Gasteiger partial charge in [-0.25, -0.2) is 4.79 Å². The molecule has 0 saturated carbocycles. The average molecular weight is 317 g/mol. The second-order valence-electron chi connectivity index (χ2n) is 4.81. The van der Waals surface area contributed by atoms with Crippen LogP contribution in [0.5, 0.6) is 0 Å². The van der Waals surface area contributed by atoms with Gasteiger partial charge in [-0.1, -0.05) is 23.9 Å². The normalized spacial score (nSPS) is 16.0. The predicted molar refractivity (Wildman–Crippen MR) is 85.7 cm³/mol. The van der Waals surface area contributed by atoms with E-state index in [0.717, 1.165) is 24.0 Å². The molecule has 0 radical (unpaired) electrons. The molecule has 7 heteroatoms. The first-order valence-corrected chi connectivity index (χ1v) is 7.72. The number of nitrogens with zero attached hydrogens (tertiary/aromatic N) is 2. The Labute approximate surface area is 132 Å². The van der Waals surface area contributed by atoms with Crippen LogP contribution in [0, 0.1) is 0 Å². The number of para-hydroxylation sites is 1. The third kappa shape index (κ3) is 2.85. The Morgan fingerprint density at radius 3 is 3.05 bits per heavy atom. The summed E-state index contributed by atoms with van der Waals surface area (Å²) in [6.07, 6.45) is 0.252. The lowest BCUT2D eigenvalue weighted by Crippen LogP contribution is -2.24. The van der Waals surface area contributed by atoms with Crippen molar-refractivity contribution < 1.29 is 14.3 Å². The molecule has 114 valence electrons.